The third-order valence-electron chi connectivity index (χ3n) is 2.48. The van der Waals surface area contributed by atoms with Gasteiger partial charge in [-0.15, -0.1) is 0 Å². The van der Waals surface area contributed by atoms with Crippen LogP contribution in [0.25, 0.3) is 21.9 Å². The van der Waals surface area contributed by atoms with Gasteiger partial charge in [0.1, 0.15) is 11.2 Å². The predicted octanol–water partition coefficient (Wildman–Crippen LogP) is 4.27. The molecule has 0 atom stereocenters. The summed E-state index contributed by atoms with van der Waals surface area (Å²) in [5.41, 5.74) is 1.31. The second kappa shape index (κ2) is 5.93. The Morgan fingerprint density at radius 3 is 1.68 bits per heavy atom. The Morgan fingerprint density at radius 1 is 0.895 bits per heavy atom. The second-order valence-corrected chi connectivity index (χ2v) is 5.55. The van der Waals surface area contributed by atoms with E-state index in [4.69, 9.17) is 4.42 Å². The van der Waals surface area contributed by atoms with Crippen LogP contribution in [0.3, 0.4) is 0 Å². The van der Waals surface area contributed by atoms with E-state index in [9.17, 15) is 4.79 Å². The van der Waals surface area contributed by atoms with Crippen LogP contribution in [0, 0.1) is 0 Å². The number of benzene rings is 2. The topological polar surface area (TPSA) is 30.2 Å². The molecular weight excluding hydrogens is 256 g/mol. The molecule has 0 spiro atoms. The fourth-order valence-corrected chi connectivity index (χ4v) is 1.75. The number of fused-ring (bicyclic) bond motifs is 2. The maximum absolute atomic E-state index is 12.0. The lowest BCUT2D eigenvalue weighted by molar-refractivity contribution is 0.660. The Bertz CT molecular complexity index is 684. The van der Waals surface area contributed by atoms with Crippen molar-refractivity contribution in [3.63, 3.8) is 0 Å². The highest BCUT2D eigenvalue weighted by atomic mass is 32.1. The highest BCUT2D eigenvalue weighted by Crippen LogP contribution is 2.17. The Labute approximate surface area is 117 Å². The summed E-state index contributed by atoms with van der Waals surface area (Å²) in [6.45, 7) is 4.06. The van der Waals surface area contributed by atoms with Gasteiger partial charge in [-0.05, 0) is 29.5 Å². The van der Waals surface area contributed by atoms with Crippen LogP contribution in [0.15, 0.2) is 57.7 Å². The molecule has 98 valence electrons. The van der Waals surface area contributed by atoms with Crippen molar-refractivity contribution in [2.45, 2.75) is 19.1 Å². The molecule has 0 radical (unpaired) electrons. The lowest BCUT2D eigenvalue weighted by atomic mass is 10.1. The Balaban J connectivity index is 0.000000297. The molecule has 19 heavy (non-hydrogen) atoms. The van der Waals surface area contributed by atoms with E-state index in [2.05, 4.69) is 12.6 Å². The third-order valence-corrected chi connectivity index (χ3v) is 2.48. The van der Waals surface area contributed by atoms with Gasteiger partial charge in [-0.1, -0.05) is 38.1 Å². The van der Waals surface area contributed by atoms with Gasteiger partial charge < -0.3 is 4.42 Å². The smallest absolute Gasteiger partial charge is 0.200 e. The summed E-state index contributed by atoms with van der Waals surface area (Å²) < 4.78 is 5.63. The van der Waals surface area contributed by atoms with Crippen LogP contribution < -0.4 is 5.43 Å². The number of hydrogen-bond donors (Lipinski definition) is 1. The molecule has 3 heteroatoms. The first-order valence-electron chi connectivity index (χ1n) is 6.18. The summed E-state index contributed by atoms with van der Waals surface area (Å²) >= 11 is 3.97. The van der Waals surface area contributed by atoms with Crippen LogP contribution in [-0.2, 0) is 0 Å². The number of rotatable bonds is 0. The van der Waals surface area contributed by atoms with Gasteiger partial charge in [-0.25, -0.2) is 0 Å². The molecule has 0 saturated carbocycles. The molecule has 0 fully saturated rings. The van der Waals surface area contributed by atoms with E-state index in [1.807, 2.05) is 50.2 Å². The van der Waals surface area contributed by atoms with Gasteiger partial charge in [0.15, 0.2) is 0 Å². The number of hydrogen-bond acceptors (Lipinski definition) is 3. The summed E-state index contributed by atoms with van der Waals surface area (Å²) in [6, 6.07) is 14.6. The zero-order valence-corrected chi connectivity index (χ0v) is 11.9. The van der Waals surface area contributed by atoms with E-state index in [1.54, 1.807) is 12.1 Å². The predicted molar refractivity (Wildman–Crippen MR) is 84.1 cm³/mol. The first kappa shape index (κ1) is 13.7. The minimum absolute atomic E-state index is 0.0347. The van der Waals surface area contributed by atoms with Gasteiger partial charge in [0, 0.05) is 0 Å². The Morgan fingerprint density at radius 2 is 1.26 bits per heavy atom. The van der Waals surface area contributed by atoms with E-state index in [-0.39, 0.29) is 5.43 Å². The summed E-state index contributed by atoms with van der Waals surface area (Å²) in [4.78, 5) is 12.0. The minimum atomic E-state index is 0.0347. The molecule has 3 aromatic rings. The van der Waals surface area contributed by atoms with Crippen molar-refractivity contribution >= 4 is 34.6 Å². The van der Waals surface area contributed by atoms with Crippen molar-refractivity contribution in [1.29, 1.82) is 0 Å². The molecular formula is C16H16O2S. The maximum atomic E-state index is 12.0. The zero-order chi connectivity index (χ0) is 13.8. The van der Waals surface area contributed by atoms with Crippen molar-refractivity contribution in [2.75, 3.05) is 0 Å². The average molecular weight is 272 g/mol. The molecule has 3 rings (SSSR count). The fourth-order valence-electron chi connectivity index (χ4n) is 1.75. The standard InChI is InChI=1S/C13H8O2.C3H8S/c14-13-9-5-1-3-7-11(9)15-12-8-4-2-6-10(12)13;1-3(2)4/h1-8H;3-4H,1-2H3. The van der Waals surface area contributed by atoms with Gasteiger partial charge >= 0.3 is 0 Å². The summed E-state index contributed by atoms with van der Waals surface area (Å²) in [5.74, 6) is 0. The van der Waals surface area contributed by atoms with Crippen LogP contribution >= 0.6 is 12.6 Å². The molecule has 0 amide bonds. The highest BCUT2D eigenvalue weighted by molar-refractivity contribution is 7.80. The number of para-hydroxylation sites is 2. The minimum Gasteiger partial charge on any atom is -0.456 e. The normalized spacial score (nSPS) is 10.5. The quantitative estimate of drug-likeness (QED) is 0.489. The summed E-state index contributed by atoms with van der Waals surface area (Å²) in [5, 5.41) is 1.80. The third kappa shape index (κ3) is 3.18. The van der Waals surface area contributed by atoms with Crippen LogP contribution in [0.1, 0.15) is 13.8 Å². The van der Waals surface area contributed by atoms with E-state index in [0.29, 0.717) is 27.2 Å². The molecule has 1 heterocycles. The van der Waals surface area contributed by atoms with Crippen LogP contribution in [0.4, 0.5) is 0 Å². The molecule has 0 aliphatic heterocycles. The molecule has 0 aliphatic rings. The number of thiol groups is 1. The van der Waals surface area contributed by atoms with Crippen molar-refractivity contribution in [3.8, 4) is 0 Å². The molecule has 2 nitrogen and oxygen atoms in total. The van der Waals surface area contributed by atoms with Gasteiger partial charge in [0.25, 0.3) is 0 Å². The molecule has 2 aromatic carbocycles. The lowest BCUT2D eigenvalue weighted by Gasteiger charge is -1.99. The van der Waals surface area contributed by atoms with Crippen molar-refractivity contribution < 1.29 is 4.42 Å². The Hall–Kier alpha value is -1.74. The first-order valence-corrected chi connectivity index (χ1v) is 6.70. The first-order chi connectivity index (χ1) is 9.09. The summed E-state index contributed by atoms with van der Waals surface area (Å²) in [7, 11) is 0. The monoisotopic (exact) mass is 272 g/mol. The zero-order valence-electron chi connectivity index (χ0n) is 11.0. The largest absolute Gasteiger partial charge is 0.456 e. The van der Waals surface area contributed by atoms with Gasteiger partial charge in [0.2, 0.25) is 5.43 Å². The molecule has 0 bridgehead atoms. The Kier molecular flexibility index (Phi) is 4.27. The highest BCUT2D eigenvalue weighted by Gasteiger charge is 2.04. The molecule has 0 N–H and O–H groups in total. The molecule has 0 unspecified atom stereocenters. The summed E-state index contributed by atoms with van der Waals surface area (Å²) in [6.07, 6.45) is 0. The SMILES string of the molecule is CC(C)S.O=c1c2ccccc2oc2ccccc12. The van der Waals surface area contributed by atoms with Gasteiger partial charge in [-0.2, -0.15) is 12.6 Å². The van der Waals surface area contributed by atoms with E-state index < -0.39 is 0 Å². The second-order valence-electron chi connectivity index (χ2n) is 4.52. The fraction of sp³-hybridized carbons (Fsp3) is 0.188. The van der Waals surface area contributed by atoms with Gasteiger partial charge in [0.05, 0.1) is 10.8 Å². The molecule has 0 aliphatic carbocycles. The van der Waals surface area contributed by atoms with Crippen molar-refractivity contribution in [3.05, 3.63) is 58.8 Å². The van der Waals surface area contributed by atoms with Crippen LogP contribution in [-0.4, -0.2) is 5.25 Å². The van der Waals surface area contributed by atoms with Crippen molar-refractivity contribution in [2.24, 2.45) is 0 Å². The van der Waals surface area contributed by atoms with Crippen molar-refractivity contribution in [1.82, 2.24) is 0 Å². The van der Waals surface area contributed by atoms with E-state index in [0.717, 1.165) is 0 Å². The maximum Gasteiger partial charge on any atom is 0.200 e. The van der Waals surface area contributed by atoms with Gasteiger partial charge in [-0.3, -0.25) is 4.79 Å². The van der Waals surface area contributed by atoms with E-state index >= 15 is 0 Å². The lowest BCUT2D eigenvalue weighted by Crippen LogP contribution is -2.01. The van der Waals surface area contributed by atoms with E-state index in [1.165, 1.54) is 0 Å². The van der Waals surface area contributed by atoms with Crippen LogP contribution in [0.2, 0.25) is 0 Å². The van der Waals surface area contributed by atoms with Crippen LogP contribution in [0.5, 0.6) is 0 Å². The molecule has 0 saturated heterocycles. The average Bonchev–Trinajstić information content (AvgIpc) is 2.38. The molecule has 1 aromatic heterocycles.